The molecule has 0 aliphatic carbocycles. The van der Waals surface area contributed by atoms with E-state index < -0.39 is 0 Å². The number of benzene rings is 2. The lowest BCUT2D eigenvalue weighted by molar-refractivity contribution is 0.0948. The van der Waals surface area contributed by atoms with Crippen molar-refractivity contribution in [1.29, 1.82) is 0 Å². The Morgan fingerprint density at radius 2 is 1.79 bits per heavy atom. The summed E-state index contributed by atoms with van der Waals surface area (Å²) in [7, 11) is 0. The van der Waals surface area contributed by atoms with Crippen molar-refractivity contribution in [2.75, 3.05) is 0 Å². The molecule has 4 aromatic rings. The van der Waals surface area contributed by atoms with Crippen LogP contribution in [-0.2, 0) is 13.1 Å². The lowest BCUT2D eigenvalue weighted by atomic mass is 10.1. The number of hydrogen-bond acceptors (Lipinski definition) is 2. The molecule has 0 fully saturated rings. The van der Waals surface area contributed by atoms with E-state index in [1.807, 2.05) is 31.2 Å². The van der Waals surface area contributed by atoms with Gasteiger partial charge >= 0.3 is 0 Å². The lowest BCUT2D eigenvalue weighted by Crippen LogP contribution is -2.22. The van der Waals surface area contributed by atoms with Crippen molar-refractivity contribution in [3.63, 3.8) is 0 Å². The van der Waals surface area contributed by atoms with E-state index in [9.17, 15) is 4.79 Å². The van der Waals surface area contributed by atoms with Gasteiger partial charge in [0.25, 0.3) is 5.91 Å². The number of carbonyl (C=O) groups is 1. The topological polar surface area (TPSA) is 47.2 Å². The molecule has 0 radical (unpaired) electrons. The van der Waals surface area contributed by atoms with Crippen LogP contribution in [0.15, 0.2) is 59.0 Å². The smallest absolute Gasteiger partial charge is 0.251 e. The highest BCUT2D eigenvalue weighted by atomic mass is 16.3. The van der Waals surface area contributed by atoms with Gasteiger partial charge in [-0.15, -0.1) is 0 Å². The van der Waals surface area contributed by atoms with Gasteiger partial charge in [-0.1, -0.05) is 24.3 Å². The van der Waals surface area contributed by atoms with Crippen molar-refractivity contribution < 1.29 is 9.21 Å². The van der Waals surface area contributed by atoms with Gasteiger partial charge in [-0.05, 0) is 74.7 Å². The molecular formula is C25H26N2O2. The molecule has 0 saturated carbocycles. The van der Waals surface area contributed by atoms with Crippen LogP contribution in [0, 0.1) is 27.7 Å². The molecule has 0 aliphatic rings. The Hall–Kier alpha value is -3.27. The second-order valence-corrected chi connectivity index (χ2v) is 7.65. The van der Waals surface area contributed by atoms with Crippen molar-refractivity contribution in [1.82, 2.24) is 9.88 Å². The number of aryl methyl sites for hydroxylation is 3. The zero-order chi connectivity index (χ0) is 20.5. The average molecular weight is 386 g/mol. The summed E-state index contributed by atoms with van der Waals surface area (Å²) in [5, 5.41) is 4.06. The summed E-state index contributed by atoms with van der Waals surface area (Å²) in [6, 6.07) is 18.2. The normalized spacial score (nSPS) is 11.2. The van der Waals surface area contributed by atoms with Gasteiger partial charge in [0.2, 0.25) is 0 Å². The molecule has 1 amide bonds. The van der Waals surface area contributed by atoms with Crippen LogP contribution in [0.5, 0.6) is 0 Å². The van der Waals surface area contributed by atoms with Crippen LogP contribution >= 0.6 is 0 Å². The Bertz CT molecular complexity index is 1200. The van der Waals surface area contributed by atoms with Crippen LogP contribution in [0.4, 0.5) is 0 Å². The molecule has 4 heteroatoms. The first-order chi connectivity index (χ1) is 13.9. The lowest BCUT2D eigenvalue weighted by Gasteiger charge is -2.11. The van der Waals surface area contributed by atoms with Crippen molar-refractivity contribution in [3.8, 4) is 0 Å². The number of fused-ring (bicyclic) bond motifs is 1. The molecule has 2 heterocycles. The van der Waals surface area contributed by atoms with E-state index in [-0.39, 0.29) is 5.91 Å². The van der Waals surface area contributed by atoms with Crippen LogP contribution in [0.3, 0.4) is 0 Å². The van der Waals surface area contributed by atoms with Gasteiger partial charge in [-0.3, -0.25) is 4.79 Å². The van der Waals surface area contributed by atoms with Gasteiger partial charge in [0, 0.05) is 28.7 Å². The minimum Gasteiger partial charge on any atom is -0.465 e. The minimum atomic E-state index is -0.0929. The summed E-state index contributed by atoms with van der Waals surface area (Å²) >= 11 is 0. The Kier molecular flexibility index (Phi) is 5.01. The van der Waals surface area contributed by atoms with Gasteiger partial charge in [0.1, 0.15) is 11.5 Å². The third kappa shape index (κ3) is 3.70. The van der Waals surface area contributed by atoms with Crippen LogP contribution in [0.2, 0.25) is 0 Å². The SMILES string of the molecule is Cc1ccc(CNC(=O)c2ccc3c(c2)c(C)c(C)n3Cc2ccccc2C)o1. The van der Waals surface area contributed by atoms with Gasteiger partial charge in [0.05, 0.1) is 6.54 Å². The zero-order valence-corrected chi connectivity index (χ0v) is 17.4. The number of amides is 1. The average Bonchev–Trinajstić information content (AvgIpc) is 3.24. The van der Waals surface area contributed by atoms with E-state index in [1.165, 1.54) is 22.4 Å². The van der Waals surface area contributed by atoms with Gasteiger partial charge in [0.15, 0.2) is 0 Å². The summed E-state index contributed by atoms with van der Waals surface area (Å²) in [5.74, 6) is 1.51. The summed E-state index contributed by atoms with van der Waals surface area (Å²) in [6.45, 7) is 9.52. The summed E-state index contributed by atoms with van der Waals surface area (Å²) in [6.07, 6.45) is 0. The fraction of sp³-hybridized carbons (Fsp3) is 0.240. The van der Waals surface area contributed by atoms with E-state index in [0.717, 1.165) is 29.0 Å². The van der Waals surface area contributed by atoms with E-state index in [4.69, 9.17) is 4.42 Å². The van der Waals surface area contributed by atoms with Crippen molar-refractivity contribution in [2.45, 2.75) is 40.8 Å². The molecular weight excluding hydrogens is 360 g/mol. The number of furan rings is 1. The third-order valence-electron chi connectivity index (χ3n) is 5.71. The predicted octanol–water partition coefficient (Wildman–Crippen LogP) is 5.45. The second-order valence-electron chi connectivity index (χ2n) is 7.65. The Morgan fingerprint density at radius 3 is 2.52 bits per heavy atom. The fourth-order valence-electron chi connectivity index (χ4n) is 3.80. The van der Waals surface area contributed by atoms with E-state index >= 15 is 0 Å². The molecule has 0 spiro atoms. The maximum atomic E-state index is 12.6. The van der Waals surface area contributed by atoms with Gasteiger partial charge in [-0.2, -0.15) is 0 Å². The molecule has 4 rings (SSSR count). The molecule has 0 aliphatic heterocycles. The quantitative estimate of drug-likeness (QED) is 0.496. The number of nitrogens with one attached hydrogen (secondary N) is 1. The number of nitrogens with zero attached hydrogens (tertiary/aromatic N) is 1. The monoisotopic (exact) mass is 386 g/mol. The van der Waals surface area contributed by atoms with Gasteiger partial charge < -0.3 is 14.3 Å². The predicted molar refractivity (Wildman–Crippen MR) is 116 cm³/mol. The van der Waals surface area contributed by atoms with Crippen molar-refractivity contribution in [2.24, 2.45) is 0 Å². The molecule has 4 nitrogen and oxygen atoms in total. The molecule has 0 unspecified atom stereocenters. The third-order valence-corrected chi connectivity index (χ3v) is 5.71. The highest BCUT2D eigenvalue weighted by Gasteiger charge is 2.15. The first-order valence-electron chi connectivity index (χ1n) is 9.91. The number of rotatable bonds is 5. The maximum Gasteiger partial charge on any atom is 0.251 e. The van der Waals surface area contributed by atoms with Crippen molar-refractivity contribution in [3.05, 3.63) is 94.1 Å². The van der Waals surface area contributed by atoms with Crippen molar-refractivity contribution >= 4 is 16.8 Å². The number of carbonyl (C=O) groups excluding carboxylic acids is 1. The molecule has 0 atom stereocenters. The summed E-state index contributed by atoms with van der Waals surface area (Å²) in [5.41, 5.74) is 6.86. The maximum absolute atomic E-state index is 12.6. The highest BCUT2D eigenvalue weighted by molar-refractivity contribution is 5.99. The largest absolute Gasteiger partial charge is 0.465 e. The molecule has 0 saturated heterocycles. The molecule has 2 aromatic heterocycles. The minimum absolute atomic E-state index is 0.0929. The fourth-order valence-corrected chi connectivity index (χ4v) is 3.80. The molecule has 0 bridgehead atoms. The Morgan fingerprint density at radius 1 is 1.00 bits per heavy atom. The van der Waals surface area contributed by atoms with E-state index in [1.54, 1.807) is 0 Å². The standard InChI is InChI=1S/C25H26N2O2/c1-16-7-5-6-8-21(16)15-27-19(4)18(3)23-13-20(10-12-24(23)27)25(28)26-14-22-11-9-17(2)29-22/h5-13H,14-15H2,1-4H3,(H,26,28). The first kappa shape index (κ1) is 19.1. The summed E-state index contributed by atoms with van der Waals surface area (Å²) < 4.78 is 7.86. The molecule has 29 heavy (non-hydrogen) atoms. The van der Waals surface area contributed by atoms with Crippen LogP contribution in [0.25, 0.3) is 10.9 Å². The zero-order valence-electron chi connectivity index (χ0n) is 17.4. The van der Waals surface area contributed by atoms with E-state index in [0.29, 0.717) is 12.1 Å². The molecule has 2 aromatic carbocycles. The summed E-state index contributed by atoms with van der Waals surface area (Å²) in [4.78, 5) is 12.6. The number of aromatic nitrogens is 1. The highest BCUT2D eigenvalue weighted by Crippen LogP contribution is 2.27. The van der Waals surface area contributed by atoms with Gasteiger partial charge in [-0.25, -0.2) is 0 Å². The first-order valence-corrected chi connectivity index (χ1v) is 9.91. The van der Waals surface area contributed by atoms with Crippen LogP contribution in [-0.4, -0.2) is 10.5 Å². The van der Waals surface area contributed by atoms with Crippen LogP contribution < -0.4 is 5.32 Å². The molecule has 148 valence electrons. The van der Waals surface area contributed by atoms with Crippen LogP contribution in [0.1, 0.15) is 44.3 Å². The van der Waals surface area contributed by atoms with E-state index in [2.05, 4.69) is 61.0 Å². The Balaban J connectivity index is 1.62. The Labute approximate surface area is 171 Å². The number of hydrogen-bond donors (Lipinski definition) is 1. The molecule has 1 N–H and O–H groups in total. The second kappa shape index (κ2) is 7.63.